The summed E-state index contributed by atoms with van der Waals surface area (Å²) in [6.45, 7) is 6.75. The minimum atomic E-state index is -0.680. The first kappa shape index (κ1) is 22.4. The van der Waals surface area contributed by atoms with E-state index in [1.165, 1.54) is 6.42 Å². The summed E-state index contributed by atoms with van der Waals surface area (Å²) in [7, 11) is 0. The molecule has 0 bridgehead atoms. The van der Waals surface area contributed by atoms with E-state index in [1.54, 1.807) is 10.3 Å². The number of nitrogens with zero attached hydrogens (tertiary/aromatic N) is 3. The van der Waals surface area contributed by atoms with Gasteiger partial charge in [-0.2, -0.15) is 0 Å². The molecule has 0 aliphatic heterocycles. The Morgan fingerprint density at radius 3 is 2.47 bits per heavy atom. The van der Waals surface area contributed by atoms with Gasteiger partial charge in [0, 0.05) is 18.0 Å². The minimum Gasteiger partial charge on any atom is -0.351 e. The molecule has 162 valence electrons. The van der Waals surface area contributed by atoms with Gasteiger partial charge in [0.1, 0.15) is 6.04 Å². The fraction of sp³-hybridized carbons (Fsp3) is 0.565. The lowest BCUT2D eigenvalue weighted by Crippen LogP contribution is -2.47. The first-order valence-corrected chi connectivity index (χ1v) is 11.7. The van der Waals surface area contributed by atoms with Gasteiger partial charge in [-0.05, 0) is 49.2 Å². The number of hydrogen-bond donors (Lipinski definition) is 1. The van der Waals surface area contributed by atoms with Gasteiger partial charge in [0.05, 0.1) is 0 Å². The number of carbonyl (C=O) groups excluding carboxylic acids is 2. The standard InChI is InChI=1S/C23H32N4O2S/c1-16(2)13-14-27(23(29)20-15-30-26-25-20)21(18-11-9-17(3)10-12-18)22(28)24-19-7-5-4-6-8-19/h9-12,15-16,19,21H,4-8,13-14H2,1-3H3,(H,24,28). The Balaban J connectivity index is 1.93. The molecule has 0 spiro atoms. The maximum absolute atomic E-state index is 13.5. The molecule has 1 unspecified atom stereocenters. The van der Waals surface area contributed by atoms with Crippen LogP contribution in [0.2, 0.25) is 0 Å². The zero-order chi connectivity index (χ0) is 21.5. The lowest BCUT2D eigenvalue weighted by atomic mass is 9.94. The highest BCUT2D eigenvalue weighted by atomic mass is 32.1. The van der Waals surface area contributed by atoms with E-state index in [0.29, 0.717) is 18.2 Å². The molecule has 7 heteroatoms. The second-order valence-electron chi connectivity index (χ2n) is 8.63. The first-order chi connectivity index (χ1) is 14.5. The number of aromatic nitrogens is 2. The highest BCUT2D eigenvalue weighted by molar-refractivity contribution is 7.03. The summed E-state index contributed by atoms with van der Waals surface area (Å²) in [6.07, 6.45) is 6.32. The average Bonchev–Trinajstić information content (AvgIpc) is 3.27. The van der Waals surface area contributed by atoms with E-state index in [9.17, 15) is 9.59 Å². The van der Waals surface area contributed by atoms with E-state index < -0.39 is 6.04 Å². The van der Waals surface area contributed by atoms with Crippen molar-refractivity contribution in [1.82, 2.24) is 19.8 Å². The Bertz CT molecular complexity index is 814. The number of rotatable bonds is 8. The van der Waals surface area contributed by atoms with Gasteiger partial charge in [-0.3, -0.25) is 9.59 Å². The van der Waals surface area contributed by atoms with Crippen LogP contribution in [0.4, 0.5) is 0 Å². The monoisotopic (exact) mass is 428 g/mol. The number of carbonyl (C=O) groups is 2. The largest absolute Gasteiger partial charge is 0.351 e. The lowest BCUT2D eigenvalue weighted by Gasteiger charge is -2.33. The predicted octanol–water partition coefficient (Wildman–Crippen LogP) is 4.53. The summed E-state index contributed by atoms with van der Waals surface area (Å²) < 4.78 is 3.85. The molecule has 6 nitrogen and oxygen atoms in total. The summed E-state index contributed by atoms with van der Waals surface area (Å²) in [5.41, 5.74) is 2.24. The van der Waals surface area contributed by atoms with E-state index in [1.807, 2.05) is 31.2 Å². The van der Waals surface area contributed by atoms with Gasteiger partial charge in [-0.1, -0.05) is 67.4 Å². The SMILES string of the molecule is Cc1ccc(C(C(=O)NC2CCCCC2)N(CCC(C)C)C(=O)c2csnn2)cc1. The second kappa shape index (κ2) is 10.7. The molecule has 1 aromatic heterocycles. The molecule has 3 rings (SSSR count). The molecule has 1 saturated carbocycles. The zero-order valence-electron chi connectivity index (χ0n) is 18.1. The highest BCUT2D eigenvalue weighted by Crippen LogP contribution is 2.26. The van der Waals surface area contributed by atoms with Gasteiger partial charge < -0.3 is 10.2 Å². The molecule has 0 saturated heterocycles. The first-order valence-electron chi connectivity index (χ1n) is 10.9. The minimum absolute atomic E-state index is 0.106. The van der Waals surface area contributed by atoms with Gasteiger partial charge in [0.15, 0.2) is 5.69 Å². The molecule has 1 heterocycles. The number of hydrogen-bond acceptors (Lipinski definition) is 5. The van der Waals surface area contributed by atoms with E-state index in [0.717, 1.165) is 54.8 Å². The summed E-state index contributed by atoms with van der Waals surface area (Å²) in [5, 5.41) is 8.86. The summed E-state index contributed by atoms with van der Waals surface area (Å²) in [4.78, 5) is 28.5. The summed E-state index contributed by atoms with van der Waals surface area (Å²) >= 11 is 1.15. The Labute approximate surface area is 183 Å². The van der Waals surface area contributed by atoms with Crippen LogP contribution in [0.1, 0.15) is 80.0 Å². The molecule has 1 aromatic carbocycles. The van der Waals surface area contributed by atoms with Crippen LogP contribution >= 0.6 is 11.5 Å². The van der Waals surface area contributed by atoms with Gasteiger partial charge in [0.2, 0.25) is 5.91 Å². The van der Waals surface area contributed by atoms with Crippen molar-refractivity contribution in [2.24, 2.45) is 5.92 Å². The van der Waals surface area contributed by atoms with Gasteiger partial charge in [-0.25, -0.2) is 0 Å². The van der Waals surface area contributed by atoms with Crippen LogP contribution in [0, 0.1) is 12.8 Å². The van der Waals surface area contributed by atoms with Crippen LogP contribution in [0.25, 0.3) is 0 Å². The molecule has 1 N–H and O–H groups in total. The van der Waals surface area contributed by atoms with Crippen molar-refractivity contribution in [3.05, 3.63) is 46.5 Å². The van der Waals surface area contributed by atoms with Crippen LogP contribution in [0.3, 0.4) is 0 Å². The van der Waals surface area contributed by atoms with Gasteiger partial charge >= 0.3 is 0 Å². The maximum atomic E-state index is 13.5. The smallest absolute Gasteiger partial charge is 0.276 e. The number of aryl methyl sites for hydroxylation is 1. The molecule has 0 radical (unpaired) electrons. The topological polar surface area (TPSA) is 75.2 Å². The molecule has 2 aromatic rings. The fourth-order valence-corrected chi connectivity index (χ4v) is 4.33. The number of nitrogens with one attached hydrogen (secondary N) is 1. The third-order valence-electron chi connectivity index (χ3n) is 5.69. The van der Waals surface area contributed by atoms with Crippen LogP contribution in [0.5, 0.6) is 0 Å². The molecule has 1 aliphatic rings. The van der Waals surface area contributed by atoms with Gasteiger partial charge in [0.25, 0.3) is 5.91 Å². The Kier molecular flexibility index (Phi) is 7.96. The van der Waals surface area contributed by atoms with Crippen LogP contribution in [-0.4, -0.2) is 38.9 Å². The second-order valence-corrected chi connectivity index (χ2v) is 9.24. The van der Waals surface area contributed by atoms with Crippen LogP contribution < -0.4 is 5.32 Å². The molecular weight excluding hydrogens is 396 g/mol. The van der Waals surface area contributed by atoms with Crippen molar-refractivity contribution in [2.45, 2.75) is 71.4 Å². The van der Waals surface area contributed by atoms with Gasteiger partial charge in [-0.15, -0.1) is 5.10 Å². The van der Waals surface area contributed by atoms with Crippen molar-refractivity contribution in [2.75, 3.05) is 6.54 Å². The lowest BCUT2D eigenvalue weighted by molar-refractivity contribution is -0.127. The zero-order valence-corrected chi connectivity index (χ0v) is 19.0. The Morgan fingerprint density at radius 2 is 1.87 bits per heavy atom. The highest BCUT2D eigenvalue weighted by Gasteiger charge is 2.34. The molecule has 1 fully saturated rings. The van der Waals surface area contributed by atoms with Crippen molar-refractivity contribution in [1.29, 1.82) is 0 Å². The Morgan fingerprint density at radius 1 is 1.17 bits per heavy atom. The number of amides is 2. The average molecular weight is 429 g/mol. The van der Waals surface area contributed by atoms with Crippen molar-refractivity contribution in [3.63, 3.8) is 0 Å². The van der Waals surface area contributed by atoms with E-state index >= 15 is 0 Å². The van der Waals surface area contributed by atoms with Crippen molar-refractivity contribution < 1.29 is 9.59 Å². The third-order valence-corrected chi connectivity index (χ3v) is 6.20. The maximum Gasteiger partial charge on any atom is 0.276 e. The van der Waals surface area contributed by atoms with Crippen molar-refractivity contribution in [3.8, 4) is 0 Å². The fourth-order valence-electron chi connectivity index (χ4n) is 3.90. The van der Waals surface area contributed by atoms with E-state index in [-0.39, 0.29) is 17.9 Å². The molecule has 1 aliphatic carbocycles. The molecule has 2 amide bonds. The number of benzene rings is 1. The molecule has 30 heavy (non-hydrogen) atoms. The summed E-state index contributed by atoms with van der Waals surface area (Å²) in [6, 6.07) is 7.39. The molecular formula is C23H32N4O2S. The Hall–Kier alpha value is -2.28. The van der Waals surface area contributed by atoms with Crippen LogP contribution in [0.15, 0.2) is 29.6 Å². The quantitative estimate of drug-likeness (QED) is 0.670. The predicted molar refractivity (Wildman–Crippen MR) is 119 cm³/mol. The van der Waals surface area contributed by atoms with E-state index in [2.05, 4.69) is 28.8 Å². The molecule has 1 atom stereocenters. The summed E-state index contributed by atoms with van der Waals surface area (Å²) in [5.74, 6) is 0.0637. The van der Waals surface area contributed by atoms with E-state index in [4.69, 9.17) is 0 Å². The van der Waals surface area contributed by atoms with Crippen LogP contribution in [-0.2, 0) is 4.79 Å². The third kappa shape index (κ3) is 5.88. The van der Waals surface area contributed by atoms with Crippen molar-refractivity contribution >= 4 is 23.3 Å². The normalized spacial score (nSPS) is 15.7.